The van der Waals surface area contributed by atoms with Gasteiger partial charge in [-0.25, -0.2) is 24.9 Å². The molecule has 1 saturated carbocycles. The van der Waals surface area contributed by atoms with E-state index in [0.29, 0.717) is 29.3 Å². The van der Waals surface area contributed by atoms with E-state index >= 15 is 0 Å². The first-order chi connectivity index (χ1) is 18.0. The van der Waals surface area contributed by atoms with Crippen molar-refractivity contribution in [3.05, 3.63) is 60.8 Å². The van der Waals surface area contributed by atoms with Crippen molar-refractivity contribution in [3.8, 4) is 11.5 Å². The molecule has 1 atom stereocenters. The van der Waals surface area contributed by atoms with Crippen molar-refractivity contribution >= 4 is 39.5 Å². The van der Waals surface area contributed by atoms with Crippen LogP contribution in [0.15, 0.2) is 55.2 Å². The molecule has 0 amide bonds. The predicted molar refractivity (Wildman–Crippen MR) is 140 cm³/mol. The van der Waals surface area contributed by atoms with E-state index in [0.717, 1.165) is 53.2 Å². The highest BCUT2D eigenvalue weighted by Crippen LogP contribution is 2.53. The first-order valence-electron chi connectivity index (χ1n) is 12.3. The van der Waals surface area contributed by atoms with Gasteiger partial charge in [0.05, 0.1) is 29.7 Å². The van der Waals surface area contributed by atoms with Gasteiger partial charge in [0.2, 0.25) is 5.95 Å². The highest BCUT2D eigenvalue weighted by atomic mass is 16.5. The minimum atomic E-state index is -0.328. The number of anilines is 3. The Morgan fingerprint density at radius 1 is 1.05 bits per heavy atom. The van der Waals surface area contributed by atoms with Gasteiger partial charge in [-0.15, -0.1) is 0 Å². The zero-order valence-electron chi connectivity index (χ0n) is 20.6. The Bertz CT molecular complexity index is 1660. The molecule has 1 aliphatic heterocycles. The van der Waals surface area contributed by atoms with Crippen molar-refractivity contribution in [1.29, 1.82) is 0 Å². The number of β-amino-alcohol motifs (C(OH)–C–C–N with tert-alkyl or cyclic N) is 1. The molecule has 2 aromatic carbocycles. The number of aliphatic hydroxyl groups excluding tert-OH is 1. The molecule has 3 aromatic heterocycles. The van der Waals surface area contributed by atoms with E-state index in [4.69, 9.17) is 9.72 Å². The Labute approximate surface area is 213 Å². The molecule has 2 N–H and O–H groups in total. The average molecular weight is 495 g/mol. The van der Waals surface area contributed by atoms with E-state index in [9.17, 15) is 5.11 Å². The van der Waals surface area contributed by atoms with Crippen LogP contribution in [0.4, 0.5) is 17.5 Å². The monoisotopic (exact) mass is 494 g/mol. The van der Waals surface area contributed by atoms with E-state index in [2.05, 4.69) is 30.2 Å². The average Bonchev–Trinajstić information content (AvgIpc) is 3.49. The quantitative estimate of drug-likeness (QED) is 0.372. The van der Waals surface area contributed by atoms with E-state index in [-0.39, 0.29) is 11.5 Å². The Morgan fingerprint density at radius 3 is 2.76 bits per heavy atom. The molecule has 7 rings (SSSR count). The van der Waals surface area contributed by atoms with E-state index in [1.165, 1.54) is 6.33 Å². The van der Waals surface area contributed by atoms with Crippen LogP contribution in [0.5, 0.6) is 11.5 Å². The summed E-state index contributed by atoms with van der Waals surface area (Å²) in [6.07, 6.45) is 6.81. The van der Waals surface area contributed by atoms with Gasteiger partial charge in [-0.2, -0.15) is 0 Å². The van der Waals surface area contributed by atoms with Crippen molar-refractivity contribution in [1.82, 2.24) is 29.5 Å². The van der Waals surface area contributed by atoms with Crippen LogP contribution < -0.4 is 15.0 Å². The van der Waals surface area contributed by atoms with Crippen molar-refractivity contribution in [2.24, 2.45) is 12.5 Å². The number of nitrogens with zero attached hydrogens (tertiary/aromatic N) is 7. The van der Waals surface area contributed by atoms with Crippen LogP contribution in [0.1, 0.15) is 18.4 Å². The minimum Gasteiger partial charge on any atom is -0.457 e. The van der Waals surface area contributed by atoms with Gasteiger partial charge in [0, 0.05) is 37.3 Å². The maximum absolute atomic E-state index is 10.5. The fourth-order valence-electron chi connectivity index (χ4n) is 5.13. The van der Waals surface area contributed by atoms with Gasteiger partial charge in [0.1, 0.15) is 28.9 Å². The van der Waals surface area contributed by atoms with Gasteiger partial charge in [-0.05, 0) is 55.7 Å². The summed E-state index contributed by atoms with van der Waals surface area (Å²) in [5.74, 6) is 2.70. The third kappa shape index (κ3) is 3.80. The lowest BCUT2D eigenvalue weighted by Crippen LogP contribution is -2.23. The number of imidazole rings is 1. The third-order valence-electron chi connectivity index (χ3n) is 7.51. The number of aryl methyl sites for hydroxylation is 2. The number of benzene rings is 2. The fourth-order valence-corrected chi connectivity index (χ4v) is 5.13. The van der Waals surface area contributed by atoms with Crippen molar-refractivity contribution in [3.63, 3.8) is 0 Å². The highest BCUT2D eigenvalue weighted by Gasteiger charge is 2.55. The summed E-state index contributed by atoms with van der Waals surface area (Å²) in [6, 6.07) is 11.8. The Balaban J connectivity index is 1.14. The standard InChI is InChI=1S/C27H26N8O2/c1-16-9-17(3-6-22(16)37-18-4-5-21-19(10-18)31-15-34(21)2)32-25-24-20(29-14-30-25)11-28-26(33-24)35-12-23(36)27(13-35)7-8-27/h3-6,9-11,14-15,23,36H,7-8,12-13H2,1-2H3,(H,29,30,32). The highest BCUT2D eigenvalue weighted by molar-refractivity contribution is 5.87. The topological polar surface area (TPSA) is 114 Å². The number of hydrogen-bond acceptors (Lipinski definition) is 9. The number of aliphatic hydroxyl groups is 1. The van der Waals surface area contributed by atoms with Gasteiger partial charge in [-0.1, -0.05) is 0 Å². The summed E-state index contributed by atoms with van der Waals surface area (Å²) in [6.45, 7) is 3.34. The minimum absolute atomic E-state index is 0.0251. The van der Waals surface area contributed by atoms with Gasteiger partial charge in [-0.3, -0.25) is 0 Å². The number of ether oxygens (including phenoxy) is 1. The number of rotatable bonds is 5. The number of fused-ring (bicyclic) bond motifs is 2. The molecule has 5 aromatic rings. The normalized spacial score (nSPS) is 18.1. The summed E-state index contributed by atoms with van der Waals surface area (Å²) < 4.78 is 8.14. The van der Waals surface area contributed by atoms with Crippen LogP contribution in [0, 0.1) is 12.3 Å². The van der Waals surface area contributed by atoms with Crippen LogP contribution in [-0.2, 0) is 7.05 Å². The lowest BCUT2D eigenvalue weighted by molar-refractivity contribution is 0.136. The smallest absolute Gasteiger partial charge is 0.226 e. The Hall–Kier alpha value is -4.31. The molecular formula is C27H26N8O2. The Morgan fingerprint density at radius 2 is 1.95 bits per heavy atom. The van der Waals surface area contributed by atoms with Crippen LogP contribution >= 0.6 is 0 Å². The third-order valence-corrected chi connectivity index (χ3v) is 7.51. The van der Waals surface area contributed by atoms with Crippen LogP contribution in [0.2, 0.25) is 0 Å². The van der Waals surface area contributed by atoms with Gasteiger partial charge in [0.15, 0.2) is 5.82 Å². The molecule has 1 unspecified atom stereocenters. The second kappa shape index (κ2) is 8.10. The molecular weight excluding hydrogens is 468 g/mol. The summed E-state index contributed by atoms with van der Waals surface area (Å²) in [4.78, 5) is 24.6. The molecule has 2 aliphatic rings. The van der Waals surface area contributed by atoms with Gasteiger partial charge < -0.3 is 24.6 Å². The lowest BCUT2D eigenvalue weighted by atomic mass is 10.0. The second-order valence-corrected chi connectivity index (χ2v) is 10.1. The molecule has 1 spiro atoms. The number of nitrogens with one attached hydrogen (secondary N) is 1. The molecule has 186 valence electrons. The van der Waals surface area contributed by atoms with Crippen molar-refractivity contribution < 1.29 is 9.84 Å². The zero-order chi connectivity index (χ0) is 25.1. The van der Waals surface area contributed by atoms with E-state index in [1.54, 1.807) is 12.5 Å². The van der Waals surface area contributed by atoms with E-state index in [1.807, 2.05) is 54.9 Å². The number of aromatic nitrogens is 6. The van der Waals surface area contributed by atoms with E-state index < -0.39 is 0 Å². The predicted octanol–water partition coefficient (Wildman–Crippen LogP) is 4.11. The van der Waals surface area contributed by atoms with Crippen molar-refractivity contribution in [2.45, 2.75) is 25.9 Å². The molecule has 37 heavy (non-hydrogen) atoms. The fraction of sp³-hybridized carbons (Fsp3) is 0.296. The van der Waals surface area contributed by atoms with Gasteiger partial charge in [0.25, 0.3) is 0 Å². The maximum atomic E-state index is 10.5. The second-order valence-electron chi connectivity index (χ2n) is 10.1. The van der Waals surface area contributed by atoms with Crippen LogP contribution in [0.25, 0.3) is 22.1 Å². The number of hydrogen-bond donors (Lipinski definition) is 2. The molecule has 0 bridgehead atoms. The molecule has 10 heteroatoms. The molecule has 2 fully saturated rings. The summed E-state index contributed by atoms with van der Waals surface area (Å²) in [5, 5.41) is 13.8. The lowest BCUT2D eigenvalue weighted by Gasteiger charge is -2.16. The first-order valence-corrected chi connectivity index (χ1v) is 12.3. The molecule has 0 radical (unpaired) electrons. The van der Waals surface area contributed by atoms with Crippen LogP contribution in [0.3, 0.4) is 0 Å². The molecule has 10 nitrogen and oxygen atoms in total. The maximum Gasteiger partial charge on any atom is 0.226 e. The summed E-state index contributed by atoms with van der Waals surface area (Å²) in [7, 11) is 1.97. The molecule has 1 aliphatic carbocycles. The molecule has 4 heterocycles. The van der Waals surface area contributed by atoms with Crippen molar-refractivity contribution in [2.75, 3.05) is 23.3 Å². The Kier molecular flexibility index (Phi) is 4.80. The van der Waals surface area contributed by atoms with Gasteiger partial charge >= 0.3 is 0 Å². The summed E-state index contributed by atoms with van der Waals surface area (Å²) in [5.41, 5.74) is 5.10. The zero-order valence-corrected chi connectivity index (χ0v) is 20.6. The first kappa shape index (κ1) is 21.9. The largest absolute Gasteiger partial charge is 0.457 e. The SMILES string of the molecule is Cc1cc(Nc2ncnc3cnc(N4CC(O)C5(CC5)C4)nc23)ccc1Oc1ccc2c(c1)ncn2C. The van der Waals surface area contributed by atoms with Crippen LogP contribution in [-0.4, -0.2) is 53.8 Å². The molecule has 1 saturated heterocycles. The summed E-state index contributed by atoms with van der Waals surface area (Å²) >= 11 is 0.